The van der Waals surface area contributed by atoms with Crippen LogP contribution in [0.25, 0.3) is 0 Å². The van der Waals surface area contributed by atoms with Crippen LogP contribution in [-0.2, 0) is 9.59 Å². The standard InChI is InChI=1S/C8H14O5/c9-5-7(11)3-1-2-6(10)4-8(12)13/h6,9-10H,1-5H2,(H,12,13). The van der Waals surface area contributed by atoms with Crippen LogP contribution in [0, 0.1) is 0 Å². The van der Waals surface area contributed by atoms with Gasteiger partial charge in [-0.3, -0.25) is 9.59 Å². The highest BCUT2D eigenvalue weighted by Gasteiger charge is 2.09. The van der Waals surface area contributed by atoms with E-state index >= 15 is 0 Å². The molecule has 0 radical (unpaired) electrons. The van der Waals surface area contributed by atoms with Crippen LogP contribution in [0.5, 0.6) is 0 Å². The third kappa shape index (κ3) is 7.42. The Bertz CT molecular complexity index is 177. The van der Waals surface area contributed by atoms with Crippen LogP contribution in [0.4, 0.5) is 0 Å². The molecule has 76 valence electrons. The highest BCUT2D eigenvalue weighted by atomic mass is 16.4. The van der Waals surface area contributed by atoms with Crippen molar-refractivity contribution in [3.63, 3.8) is 0 Å². The summed E-state index contributed by atoms with van der Waals surface area (Å²) in [4.78, 5) is 20.7. The number of carbonyl (C=O) groups is 2. The first-order chi connectivity index (χ1) is 6.06. The van der Waals surface area contributed by atoms with E-state index in [1.807, 2.05) is 0 Å². The molecule has 5 heteroatoms. The number of aliphatic carboxylic acids is 1. The molecule has 0 aliphatic heterocycles. The van der Waals surface area contributed by atoms with E-state index in [9.17, 15) is 9.59 Å². The number of hydrogen-bond acceptors (Lipinski definition) is 4. The Morgan fingerprint density at radius 2 is 1.92 bits per heavy atom. The summed E-state index contributed by atoms with van der Waals surface area (Å²) in [7, 11) is 0. The second kappa shape index (κ2) is 6.56. The Morgan fingerprint density at radius 1 is 1.31 bits per heavy atom. The maximum atomic E-state index is 10.6. The first-order valence-corrected chi connectivity index (χ1v) is 4.08. The smallest absolute Gasteiger partial charge is 0.305 e. The zero-order chi connectivity index (χ0) is 10.3. The monoisotopic (exact) mass is 190 g/mol. The Morgan fingerprint density at radius 3 is 2.38 bits per heavy atom. The van der Waals surface area contributed by atoms with Crippen LogP contribution in [0.3, 0.4) is 0 Å². The van der Waals surface area contributed by atoms with Gasteiger partial charge in [-0.1, -0.05) is 0 Å². The van der Waals surface area contributed by atoms with Gasteiger partial charge in [0.25, 0.3) is 0 Å². The molecule has 0 amide bonds. The van der Waals surface area contributed by atoms with Crippen LogP contribution in [0.1, 0.15) is 25.7 Å². The third-order valence-corrected chi connectivity index (χ3v) is 1.58. The molecular formula is C8H14O5. The van der Waals surface area contributed by atoms with Gasteiger partial charge in [-0.05, 0) is 12.8 Å². The van der Waals surface area contributed by atoms with Crippen LogP contribution in [0.15, 0.2) is 0 Å². The zero-order valence-corrected chi connectivity index (χ0v) is 7.27. The SMILES string of the molecule is O=C(O)CC(O)CCCC(=O)CO. The molecule has 5 nitrogen and oxygen atoms in total. The number of Topliss-reactive ketones (excluding diaryl/α,β-unsaturated/α-hetero) is 1. The number of carboxylic acid groups (broad SMARTS) is 1. The van der Waals surface area contributed by atoms with Crippen molar-refractivity contribution in [2.45, 2.75) is 31.8 Å². The van der Waals surface area contributed by atoms with Gasteiger partial charge in [0.1, 0.15) is 6.61 Å². The predicted molar refractivity (Wildman–Crippen MR) is 44.2 cm³/mol. The first-order valence-electron chi connectivity index (χ1n) is 4.08. The van der Waals surface area contributed by atoms with Gasteiger partial charge >= 0.3 is 5.97 Å². The summed E-state index contributed by atoms with van der Waals surface area (Å²) in [5.41, 5.74) is 0. The van der Waals surface area contributed by atoms with Gasteiger partial charge in [0.15, 0.2) is 5.78 Å². The topological polar surface area (TPSA) is 94.8 Å². The summed E-state index contributed by atoms with van der Waals surface area (Å²) in [5.74, 6) is -1.34. The molecule has 0 saturated heterocycles. The Hall–Kier alpha value is -0.940. The average Bonchev–Trinajstić information content (AvgIpc) is 2.02. The highest BCUT2D eigenvalue weighted by Crippen LogP contribution is 2.04. The summed E-state index contributed by atoms with van der Waals surface area (Å²) in [6.07, 6.45) is -0.323. The zero-order valence-electron chi connectivity index (χ0n) is 7.27. The first kappa shape index (κ1) is 12.1. The van der Waals surface area contributed by atoms with E-state index in [1.165, 1.54) is 0 Å². The maximum absolute atomic E-state index is 10.6. The van der Waals surface area contributed by atoms with E-state index < -0.39 is 18.7 Å². The predicted octanol–water partition coefficient (Wildman–Crippen LogP) is -0.446. The van der Waals surface area contributed by atoms with E-state index in [0.29, 0.717) is 6.42 Å². The minimum Gasteiger partial charge on any atom is -0.481 e. The molecule has 0 rings (SSSR count). The van der Waals surface area contributed by atoms with Gasteiger partial charge in [-0.2, -0.15) is 0 Å². The second-order valence-electron chi connectivity index (χ2n) is 2.84. The molecule has 0 spiro atoms. The molecule has 1 atom stereocenters. The summed E-state index contributed by atoms with van der Waals surface area (Å²) in [6.45, 7) is -0.491. The molecule has 0 aromatic rings. The number of ketones is 1. The Balaban J connectivity index is 3.42. The Kier molecular flexibility index (Phi) is 6.09. The van der Waals surface area contributed by atoms with Crippen LogP contribution in [-0.4, -0.2) is 39.8 Å². The normalized spacial score (nSPS) is 12.5. The summed E-state index contributed by atoms with van der Waals surface area (Å²) < 4.78 is 0. The number of carboxylic acids is 1. The molecule has 0 bridgehead atoms. The molecule has 0 saturated carbocycles. The molecule has 0 aliphatic rings. The minimum atomic E-state index is -1.05. The van der Waals surface area contributed by atoms with Crippen molar-refractivity contribution in [3.8, 4) is 0 Å². The van der Waals surface area contributed by atoms with Crippen molar-refractivity contribution in [1.29, 1.82) is 0 Å². The molecule has 0 heterocycles. The van der Waals surface area contributed by atoms with Crippen molar-refractivity contribution in [2.24, 2.45) is 0 Å². The number of carbonyl (C=O) groups excluding carboxylic acids is 1. The lowest BCUT2D eigenvalue weighted by Gasteiger charge is -2.05. The lowest BCUT2D eigenvalue weighted by atomic mass is 10.1. The summed E-state index contributed by atoms with van der Waals surface area (Å²) >= 11 is 0. The fraction of sp³-hybridized carbons (Fsp3) is 0.750. The van der Waals surface area contributed by atoms with Gasteiger partial charge in [-0.25, -0.2) is 0 Å². The lowest BCUT2D eigenvalue weighted by Crippen LogP contribution is -2.13. The van der Waals surface area contributed by atoms with Gasteiger partial charge in [0.2, 0.25) is 0 Å². The average molecular weight is 190 g/mol. The van der Waals surface area contributed by atoms with Crippen molar-refractivity contribution >= 4 is 11.8 Å². The van der Waals surface area contributed by atoms with E-state index in [-0.39, 0.29) is 25.0 Å². The van der Waals surface area contributed by atoms with Crippen molar-refractivity contribution in [2.75, 3.05) is 6.61 Å². The molecular weight excluding hydrogens is 176 g/mol. The molecule has 3 N–H and O–H groups in total. The van der Waals surface area contributed by atoms with Gasteiger partial charge in [0.05, 0.1) is 12.5 Å². The second-order valence-corrected chi connectivity index (χ2v) is 2.84. The summed E-state index contributed by atoms with van der Waals surface area (Å²) in [5, 5.41) is 25.7. The van der Waals surface area contributed by atoms with Crippen molar-refractivity contribution < 1.29 is 24.9 Å². The van der Waals surface area contributed by atoms with Gasteiger partial charge in [0, 0.05) is 6.42 Å². The van der Waals surface area contributed by atoms with Gasteiger partial charge < -0.3 is 15.3 Å². The Labute approximate surface area is 76.0 Å². The van der Waals surface area contributed by atoms with E-state index in [1.54, 1.807) is 0 Å². The lowest BCUT2D eigenvalue weighted by molar-refractivity contribution is -0.139. The van der Waals surface area contributed by atoms with E-state index in [4.69, 9.17) is 15.3 Å². The molecule has 0 aliphatic carbocycles. The van der Waals surface area contributed by atoms with Crippen LogP contribution >= 0.6 is 0 Å². The highest BCUT2D eigenvalue weighted by molar-refractivity contribution is 5.79. The number of aliphatic hydroxyl groups excluding tert-OH is 2. The van der Waals surface area contributed by atoms with Crippen molar-refractivity contribution in [3.05, 3.63) is 0 Å². The maximum Gasteiger partial charge on any atom is 0.305 e. The number of rotatable bonds is 7. The van der Waals surface area contributed by atoms with Gasteiger partial charge in [-0.15, -0.1) is 0 Å². The van der Waals surface area contributed by atoms with E-state index in [0.717, 1.165) is 0 Å². The fourth-order valence-electron chi connectivity index (χ4n) is 0.918. The number of hydrogen-bond donors (Lipinski definition) is 3. The summed E-state index contributed by atoms with van der Waals surface area (Å²) in [6, 6.07) is 0. The van der Waals surface area contributed by atoms with Crippen LogP contribution < -0.4 is 0 Å². The van der Waals surface area contributed by atoms with E-state index in [2.05, 4.69) is 0 Å². The van der Waals surface area contributed by atoms with Crippen molar-refractivity contribution in [1.82, 2.24) is 0 Å². The minimum absolute atomic E-state index is 0.188. The molecule has 0 aromatic heterocycles. The molecule has 1 unspecified atom stereocenters. The molecule has 13 heavy (non-hydrogen) atoms. The largest absolute Gasteiger partial charge is 0.481 e. The molecule has 0 fully saturated rings. The van der Waals surface area contributed by atoms with Crippen LogP contribution in [0.2, 0.25) is 0 Å². The fourth-order valence-corrected chi connectivity index (χ4v) is 0.918. The quantitative estimate of drug-likeness (QED) is 0.505. The third-order valence-electron chi connectivity index (χ3n) is 1.58. The number of aliphatic hydroxyl groups is 2. The molecule has 0 aromatic carbocycles.